The Morgan fingerprint density at radius 1 is 1.00 bits per heavy atom. The third kappa shape index (κ3) is 2.64. The minimum Gasteiger partial charge on any atom is -0.324 e. The summed E-state index contributed by atoms with van der Waals surface area (Å²) in [5.74, 6) is -1.12. The zero-order valence-corrected chi connectivity index (χ0v) is 8.67. The number of nitrogens with zero attached hydrogens (tertiary/aromatic N) is 2. The molecule has 2 aromatic rings. The molecule has 0 spiro atoms. The summed E-state index contributed by atoms with van der Waals surface area (Å²) in [6.45, 7) is 0. The third-order valence-electron chi connectivity index (χ3n) is 1.74. The average Bonchev–Trinajstić information content (AvgIpc) is 2.20. The van der Waals surface area contributed by atoms with Gasteiger partial charge in [0.1, 0.15) is 11.6 Å². The lowest BCUT2D eigenvalue weighted by molar-refractivity contribution is 0.584. The van der Waals surface area contributed by atoms with Crippen molar-refractivity contribution < 1.29 is 8.78 Å². The van der Waals surface area contributed by atoms with Crippen LogP contribution in [0.25, 0.3) is 0 Å². The minimum absolute atomic E-state index is 0.217. The monoisotopic (exact) mass is 241 g/mol. The van der Waals surface area contributed by atoms with Crippen LogP contribution in [0.15, 0.2) is 30.6 Å². The Morgan fingerprint density at radius 2 is 1.56 bits per heavy atom. The Hall–Kier alpha value is -1.75. The molecule has 0 amide bonds. The van der Waals surface area contributed by atoms with Crippen molar-refractivity contribution in [2.45, 2.75) is 0 Å². The average molecular weight is 242 g/mol. The molecular weight excluding hydrogens is 236 g/mol. The van der Waals surface area contributed by atoms with E-state index in [-0.39, 0.29) is 11.6 Å². The van der Waals surface area contributed by atoms with E-state index in [0.29, 0.717) is 5.02 Å². The number of hydrogen-bond acceptors (Lipinski definition) is 3. The second-order valence-corrected chi connectivity index (χ2v) is 3.44. The van der Waals surface area contributed by atoms with Crippen LogP contribution >= 0.6 is 11.6 Å². The first-order valence-electron chi connectivity index (χ1n) is 4.34. The first kappa shape index (κ1) is 10.8. The van der Waals surface area contributed by atoms with Gasteiger partial charge in [-0.05, 0) is 12.1 Å². The number of benzene rings is 1. The van der Waals surface area contributed by atoms with Crippen LogP contribution in [0.4, 0.5) is 20.4 Å². The van der Waals surface area contributed by atoms with Gasteiger partial charge in [-0.3, -0.25) is 0 Å². The van der Waals surface area contributed by atoms with Crippen molar-refractivity contribution in [2.24, 2.45) is 0 Å². The van der Waals surface area contributed by atoms with Gasteiger partial charge in [-0.2, -0.15) is 0 Å². The van der Waals surface area contributed by atoms with Crippen LogP contribution in [0.2, 0.25) is 5.02 Å². The molecular formula is C10H6ClF2N3. The molecule has 0 aliphatic heterocycles. The molecule has 0 fully saturated rings. The van der Waals surface area contributed by atoms with Crippen LogP contribution in [0, 0.1) is 11.6 Å². The number of rotatable bonds is 2. The summed E-state index contributed by atoms with van der Waals surface area (Å²) in [7, 11) is 0. The maximum absolute atomic E-state index is 12.9. The molecule has 0 saturated carbocycles. The first-order valence-corrected chi connectivity index (χ1v) is 4.72. The van der Waals surface area contributed by atoms with E-state index < -0.39 is 11.6 Å². The fourth-order valence-corrected chi connectivity index (χ4v) is 1.23. The summed E-state index contributed by atoms with van der Waals surface area (Å²) in [4.78, 5) is 7.67. The lowest BCUT2D eigenvalue weighted by Gasteiger charge is -2.04. The van der Waals surface area contributed by atoms with E-state index in [4.69, 9.17) is 11.6 Å². The molecule has 16 heavy (non-hydrogen) atoms. The molecule has 1 heterocycles. The van der Waals surface area contributed by atoms with E-state index in [1.54, 1.807) is 0 Å². The lowest BCUT2D eigenvalue weighted by Crippen LogP contribution is -1.97. The largest absolute Gasteiger partial charge is 0.324 e. The molecule has 0 radical (unpaired) electrons. The van der Waals surface area contributed by atoms with Gasteiger partial charge < -0.3 is 5.32 Å². The van der Waals surface area contributed by atoms with E-state index in [0.717, 1.165) is 18.2 Å². The molecule has 6 heteroatoms. The Morgan fingerprint density at radius 3 is 2.12 bits per heavy atom. The highest BCUT2D eigenvalue weighted by Crippen LogP contribution is 2.16. The van der Waals surface area contributed by atoms with Gasteiger partial charge in [-0.25, -0.2) is 18.7 Å². The molecule has 3 nitrogen and oxygen atoms in total. The molecule has 82 valence electrons. The predicted molar refractivity (Wildman–Crippen MR) is 56.7 cm³/mol. The number of nitrogens with one attached hydrogen (secondary N) is 1. The third-order valence-corrected chi connectivity index (χ3v) is 1.93. The molecule has 0 saturated heterocycles. The second-order valence-electron chi connectivity index (χ2n) is 3.01. The van der Waals surface area contributed by atoms with E-state index >= 15 is 0 Å². The highest BCUT2D eigenvalue weighted by Gasteiger charge is 2.02. The van der Waals surface area contributed by atoms with E-state index in [1.165, 1.54) is 12.4 Å². The Labute approximate surface area is 95.1 Å². The standard InChI is InChI=1S/C10H6ClF2N3/c11-6-4-14-10(15-5-6)16-9-2-7(12)1-8(13)3-9/h1-5H,(H,14,15,16). The van der Waals surface area contributed by atoms with Crippen molar-refractivity contribution >= 4 is 23.2 Å². The Balaban J connectivity index is 2.23. The van der Waals surface area contributed by atoms with Gasteiger partial charge in [0.25, 0.3) is 0 Å². The molecule has 0 aliphatic rings. The van der Waals surface area contributed by atoms with E-state index in [9.17, 15) is 8.78 Å². The van der Waals surface area contributed by atoms with Crippen molar-refractivity contribution in [3.8, 4) is 0 Å². The van der Waals surface area contributed by atoms with Crippen molar-refractivity contribution in [3.05, 3.63) is 47.2 Å². The van der Waals surface area contributed by atoms with Crippen LogP contribution < -0.4 is 5.32 Å². The molecule has 1 aromatic carbocycles. The fourth-order valence-electron chi connectivity index (χ4n) is 1.13. The van der Waals surface area contributed by atoms with Crippen molar-refractivity contribution in [1.82, 2.24) is 9.97 Å². The van der Waals surface area contributed by atoms with E-state index in [1.807, 2.05) is 0 Å². The summed E-state index contributed by atoms with van der Waals surface area (Å²) in [6, 6.07) is 3.07. The molecule has 2 rings (SSSR count). The van der Waals surface area contributed by atoms with Gasteiger partial charge in [-0.15, -0.1) is 0 Å². The van der Waals surface area contributed by atoms with Gasteiger partial charge in [0.05, 0.1) is 17.4 Å². The van der Waals surface area contributed by atoms with Crippen LogP contribution in [-0.4, -0.2) is 9.97 Å². The number of halogens is 3. The fraction of sp³-hybridized carbons (Fsp3) is 0. The van der Waals surface area contributed by atoms with Crippen LogP contribution in [-0.2, 0) is 0 Å². The topological polar surface area (TPSA) is 37.8 Å². The van der Waals surface area contributed by atoms with Crippen molar-refractivity contribution in [3.63, 3.8) is 0 Å². The highest BCUT2D eigenvalue weighted by molar-refractivity contribution is 6.30. The summed E-state index contributed by atoms with van der Waals surface area (Å²) >= 11 is 5.59. The number of anilines is 2. The zero-order valence-electron chi connectivity index (χ0n) is 7.92. The summed E-state index contributed by atoms with van der Waals surface area (Å²) in [5.41, 5.74) is 0.236. The predicted octanol–water partition coefficient (Wildman–Crippen LogP) is 3.15. The molecule has 0 atom stereocenters. The molecule has 1 aromatic heterocycles. The second kappa shape index (κ2) is 4.40. The molecule has 0 unspecified atom stereocenters. The van der Waals surface area contributed by atoms with E-state index in [2.05, 4.69) is 15.3 Å². The zero-order chi connectivity index (χ0) is 11.5. The summed E-state index contributed by atoms with van der Waals surface area (Å²) in [5, 5.41) is 3.04. The SMILES string of the molecule is Fc1cc(F)cc(Nc2ncc(Cl)cn2)c1. The van der Waals surface area contributed by atoms with Gasteiger partial charge in [0.2, 0.25) is 5.95 Å². The van der Waals surface area contributed by atoms with Gasteiger partial charge in [0.15, 0.2) is 0 Å². The number of aromatic nitrogens is 2. The molecule has 1 N–H and O–H groups in total. The molecule has 0 bridgehead atoms. The quantitative estimate of drug-likeness (QED) is 0.878. The Bertz CT molecular complexity index is 482. The van der Waals surface area contributed by atoms with Gasteiger partial charge >= 0.3 is 0 Å². The summed E-state index contributed by atoms with van der Waals surface area (Å²) < 4.78 is 25.7. The minimum atomic E-state index is -0.670. The van der Waals surface area contributed by atoms with Gasteiger partial charge in [-0.1, -0.05) is 11.6 Å². The van der Waals surface area contributed by atoms with Crippen LogP contribution in [0.3, 0.4) is 0 Å². The summed E-state index contributed by atoms with van der Waals surface area (Å²) in [6.07, 6.45) is 2.76. The first-order chi connectivity index (χ1) is 7.63. The Kier molecular flexibility index (Phi) is 2.96. The smallest absolute Gasteiger partial charge is 0.227 e. The lowest BCUT2D eigenvalue weighted by atomic mass is 10.3. The maximum atomic E-state index is 12.9. The van der Waals surface area contributed by atoms with Gasteiger partial charge in [0, 0.05) is 11.8 Å². The van der Waals surface area contributed by atoms with Crippen molar-refractivity contribution in [2.75, 3.05) is 5.32 Å². The van der Waals surface area contributed by atoms with Crippen LogP contribution in [0.5, 0.6) is 0 Å². The molecule has 0 aliphatic carbocycles. The maximum Gasteiger partial charge on any atom is 0.227 e. The number of hydrogen-bond donors (Lipinski definition) is 1. The normalized spacial score (nSPS) is 10.2. The highest BCUT2D eigenvalue weighted by atomic mass is 35.5. The van der Waals surface area contributed by atoms with Crippen molar-refractivity contribution in [1.29, 1.82) is 0 Å². The van der Waals surface area contributed by atoms with Crippen LogP contribution in [0.1, 0.15) is 0 Å².